The first-order valence-corrected chi connectivity index (χ1v) is 22.0. The van der Waals surface area contributed by atoms with Gasteiger partial charge in [0.1, 0.15) is 0 Å². The van der Waals surface area contributed by atoms with E-state index < -0.39 is 0 Å². The van der Waals surface area contributed by atoms with Gasteiger partial charge in [0.2, 0.25) is 0 Å². The molecule has 56 heavy (non-hydrogen) atoms. The minimum Gasteiger partial charge on any atom is -0.309 e. The fourth-order valence-electron chi connectivity index (χ4n) is 10.2. The maximum atomic E-state index is 2.57. The largest absolute Gasteiger partial charge is 0.309 e. The van der Waals surface area contributed by atoms with E-state index in [0.717, 1.165) is 5.69 Å². The molecule has 3 heteroatoms. The summed E-state index contributed by atoms with van der Waals surface area (Å²) in [6.45, 7) is 2.46. The van der Waals surface area contributed by atoms with Crippen LogP contribution in [0.3, 0.4) is 0 Å². The van der Waals surface area contributed by atoms with Crippen LogP contribution in [0.2, 0.25) is 0 Å². The van der Waals surface area contributed by atoms with Crippen LogP contribution in [0.4, 0.5) is 17.1 Å². The fourth-order valence-corrected chi connectivity index (χ4v) is 12.5. The number of hydrogen-bond donors (Lipinski definition) is 0. The number of hydrogen-bond acceptors (Lipinski definition) is 3. The lowest BCUT2D eigenvalue weighted by atomic mass is 9.66. The zero-order chi connectivity index (χ0) is 37.2. The van der Waals surface area contributed by atoms with Crippen molar-refractivity contribution in [3.05, 3.63) is 169 Å². The Morgan fingerprint density at radius 1 is 0.518 bits per heavy atom. The lowest BCUT2D eigenvalue weighted by molar-refractivity contribution is 0.271. The van der Waals surface area contributed by atoms with Gasteiger partial charge in [-0.3, -0.25) is 0 Å². The van der Waals surface area contributed by atoms with Crippen LogP contribution in [0.15, 0.2) is 158 Å². The first-order valence-electron chi connectivity index (χ1n) is 20.3. The summed E-state index contributed by atoms with van der Waals surface area (Å²) in [5.74, 6) is 1.74. The van der Waals surface area contributed by atoms with E-state index in [1.165, 1.54) is 112 Å². The van der Waals surface area contributed by atoms with Crippen LogP contribution in [0.25, 0.3) is 68.7 Å². The monoisotopic (exact) mass is 757 g/mol. The van der Waals surface area contributed by atoms with E-state index in [-0.39, 0.29) is 0 Å². The van der Waals surface area contributed by atoms with E-state index in [0.29, 0.717) is 17.8 Å². The molecule has 0 amide bonds. The molecular formula is C53H43NS2. The molecule has 1 saturated carbocycles. The molecule has 0 N–H and O–H groups in total. The van der Waals surface area contributed by atoms with E-state index in [1.54, 1.807) is 5.56 Å². The lowest BCUT2D eigenvalue weighted by Gasteiger charge is -2.38. The fraction of sp³-hybridized carbons (Fsp3) is 0.170. The van der Waals surface area contributed by atoms with Crippen molar-refractivity contribution in [3.63, 3.8) is 0 Å². The normalized spacial score (nSPS) is 17.2. The Morgan fingerprint density at radius 3 is 1.95 bits per heavy atom. The maximum Gasteiger partial charge on any atom is 0.0555 e. The Morgan fingerprint density at radius 2 is 1.12 bits per heavy atom. The number of allylic oxidation sites excluding steroid dienone is 1. The van der Waals surface area contributed by atoms with Gasteiger partial charge < -0.3 is 4.90 Å². The van der Waals surface area contributed by atoms with Gasteiger partial charge in [-0.15, -0.1) is 22.7 Å². The zero-order valence-electron chi connectivity index (χ0n) is 31.6. The number of rotatable bonds is 6. The molecule has 0 bridgehead atoms. The summed E-state index contributed by atoms with van der Waals surface area (Å²) in [6, 6.07) is 57.0. The van der Waals surface area contributed by atoms with Gasteiger partial charge in [-0.2, -0.15) is 0 Å². The first kappa shape index (κ1) is 33.8. The molecule has 0 spiro atoms. The topological polar surface area (TPSA) is 3.24 Å². The summed E-state index contributed by atoms with van der Waals surface area (Å²) in [5.41, 5.74) is 11.7. The Balaban J connectivity index is 1.17. The summed E-state index contributed by atoms with van der Waals surface area (Å²) in [6.07, 6.45) is 11.6. The Bertz CT molecular complexity index is 2960. The molecule has 2 unspecified atom stereocenters. The van der Waals surface area contributed by atoms with Gasteiger partial charge in [-0.05, 0) is 107 Å². The zero-order valence-corrected chi connectivity index (χ0v) is 33.3. The molecule has 7 aromatic carbocycles. The van der Waals surface area contributed by atoms with Crippen molar-refractivity contribution in [1.29, 1.82) is 0 Å². The van der Waals surface area contributed by atoms with Crippen molar-refractivity contribution in [2.24, 2.45) is 11.8 Å². The molecule has 0 aliphatic heterocycles. The minimum absolute atomic E-state index is 0.508. The van der Waals surface area contributed by atoms with E-state index in [1.807, 2.05) is 22.7 Å². The molecule has 2 aliphatic rings. The van der Waals surface area contributed by atoms with E-state index in [9.17, 15) is 0 Å². The summed E-state index contributed by atoms with van der Waals surface area (Å²) in [5, 5.41) is 5.29. The molecule has 2 heterocycles. The van der Waals surface area contributed by atoms with Crippen molar-refractivity contribution >= 4 is 86.2 Å². The third kappa shape index (κ3) is 5.55. The molecular weight excluding hydrogens is 715 g/mol. The molecule has 1 nitrogen and oxygen atoms in total. The van der Waals surface area contributed by atoms with Crippen LogP contribution in [0.1, 0.15) is 56.1 Å². The lowest BCUT2D eigenvalue weighted by Crippen LogP contribution is -2.24. The Kier molecular flexibility index (Phi) is 8.41. The van der Waals surface area contributed by atoms with E-state index >= 15 is 0 Å². The molecule has 2 aromatic heterocycles. The number of benzene rings is 7. The van der Waals surface area contributed by atoms with Crippen LogP contribution in [0.5, 0.6) is 0 Å². The third-order valence-electron chi connectivity index (χ3n) is 12.7. The average molecular weight is 758 g/mol. The second-order valence-electron chi connectivity index (χ2n) is 15.9. The van der Waals surface area contributed by atoms with Crippen LogP contribution >= 0.6 is 22.7 Å². The number of anilines is 3. The molecule has 11 rings (SSSR count). The number of thiophene rings is 2. The second kappa shape index (κ2) is 13.9. The quantitative estimate of drug-likeness (QED) is 0.163. The molecule has 0 radical (unpaired) electrons. The highest BCUT2D eigenvalue weighted by molar-refractivity contribution is 7.26. The molecule has 2 aliphatic carbocycles. The standard InChI is InChI=1S/C53H43NS2/c1-34-31-32-36-17-12-24-41(51(36)50(34)35-15-3-2-4-16-35)40-20-5-8-25-44(40)54(45-26-14-30-49-53(45)43-22-7-10-28-47(43)56-49)38-19-11-18-37(33-38)39-23-13-29-48-52(39)42-21-6-9-27-46(42)55-48/h5-14,17-35,50H,2-4,15-16H2,1H3. The summed E-state index contributed by atoms with van der Waals surface area (Å²) in [7, 11) is 0. The van der Waals surface area contributed by atoms with Crippen molar-refractivity contribution < 1.29 is 0 Å². The smallest absolute Gasteiger partial charge is 0.0555 e. The third-order valence-corrected chi connectivity index (χ3v) is 14.9. The van der Waals surface area contributed by atoms with E-state index in [4.69, 9.17) is 0 Å². The minimum atomic E-state index is 0.508. The first-order chi connectivity index (χ1) is 27.7. The maximum absolute atomic E-state index is 2.57. The summed E-state index contributed by atoms with van der Waals surface area (Å²) < 4.78 is 5.29. The predicted molar refractivity (Wildman–Crippen MR) is 245 cm³/mol. The Labute approximate surface area is 337 Å². The SMILES string of the molecule is CC1C=Cc2cccc(-c3ccccc3N(c3cccc(-c4cccc5sc6ccccc6c45)c3)c3cccc4sc5ccccc5c34)c2C1C1CCCCC1. The van der Waals surface area contributed by atoms with Crippen LogP contribution in [-0.2, 0) is 0 Å². The average Bonchev–Trinajstić information content (AvgIpc) is 3.83. The van der Waals surface area contributed by atoms with Crippen molar-refractivity contribution in [1.82, 2.24) is 0 Å². The van der Waals surface area contributed by atoms with Crippen LogP contribution in [-0.4, -0.2) is 0 Å². The highest BCUT2D eigenvalue weighted by Gasteiger charge is 2.34. The number of para-hydroxylation sites is 1. The van der Waals surface area contributed by atoms with E-state index in [2.05, 4.69) is 176 Å². The van der Waals surface area contributed by atoms with Crippen molar-refractivity contribution in [3.8, 4) is 22.3 Å². The Hall–Kier alpha value is -5.48. The number of fused-ring (bicyclic) bond motifs is 7. The van der Waals surface area contributed by atoms with Crippen LogP contribution in [0, 0.1) is 11.8 Å². The van der Waals surface area contributed by atoms with Gasteiger partial charge in [0, 0.05) is 51.6 Å². The molecule has 0 saturated heterocycles. The van der Waals surface area contributed by atoms with Gasteiger partial charge in [-0.25, -0.2) is 0 Å². The molecule has 2 atom stereocenters. The van der Waals surface area contributed by atoms with Gasteiger partial charge >= 0.3 is 0 Å². The number of nitrogens with zero attached hydrogens (tertiary/aromatic N) is 1. The highest BCUT2D eigenvalue weighted by Crippen LogP contribution is 2.52. The van der Waals surface area contributed by atoms with Crippen molar-refractivity contribution in [2.75, 3.05) is 4.90 Å². The summed E-state index contributed by atoms with van der Waals surface area (Å²) in [4.78, 5) is 2.57. The van der Waals surface area contributed by atoms with Crippen LogP contribution < -0.4 is 4.90 Å². The molecule has 272 valence electrons. The van der Waals surface area contributed by atoms with Gasteiger partial charge in [-0.1, -0.05) is 141 Å². The van der Waals surface area contributed by atoms with Crippen molar-refractivity contribution in [2.45, 2.75) is 44.9 Å². The second-order valence-corrected chi connectivity index (χ2v) is 18.0. The highest BCUT2D eigenvalue weighted by atomic mass is 32.1. The van der Waals surface area contributed by atoms with Gasteiger partial charge in [0.05, 0.1) is 11.4 Å². The van der Waals surface area contributed by atoms with Gasteiger partial charge in [0.25, 0.3) is 0 Å². The van der Waals surface area contributed by atoms with Gasteiger partial charge in [0.15, 0.2) is 0 Å². The predicted octanol–water partition coefficient (Wildman–Crippen LogP) is 16.6. The molecule has 1 fully saturated rings. The summed E-state index contributed by atoms with van der Waals surface area (Å²) >= 11 is 3.77. The molecule has 9 aromatic rings.